The number of nitrogen functional groups attached to an aromatic ring is 2. The summed E-state index contributed by atoms with van der Waals surface area (Å²) in [7, 11) is 0. The first kappa shape index (κ1) is 19.2. The average molecular weight is 399 g/mol. The number of hydrogen-bond acceptors (Lipinski definition) is 11. The maximum atomic E-state index is 13.4. The third-order valence-corrected chi connectivity index (χ3v) is 6.63. The molecule has 3 aliphatic carbocycles. The van der Waals surface area contributed by atoms with Gasteiger partial charge in [0, 0.05) is 40.0 Å². The lowest BCUT2D eigenvalue weighted by molar-refractivity contribution is -0.123. The van der Waals surface area contributed by atoms with Gasteiger partial charge in [-0.3, -0.25) is 9.59 Å². The molecule has 18 N–H and O–H groups in total. The van der Waals surface area contributed by atoms with Gasteiger partial charge >= 0.3 is 0 Å². The van der Waals surface area contributed by atoms with Crippen LogP contribution in [0.15, 0.2) is 34.8 Å². The van der Waals surface area contributed by atoms with Crippen LogP contribution < -0.4 is 51.6 Å². The second-order valence-electron chi connectivity index (χ2n) is 8.07. The molecule has 0 radical (unpaired) electrons. The van der Waals surface area contributed by atoms with Crippen molar-refractivity contribution in [1.82, 2.24) is 0 Å². The molecule has 0 heterocycles. The van der Waals surface area contributed by atoms with Crippen LogP contribution in [0.4, 0.5) is 11.4 Å². The molecule has 154 valence electrons. The molecule has 0 aliphatic heterocycles. The molecule has 1 aromatic carbocycles. The summed E-state index contributed by atoms with van der Waals surface area (Å²) in [4.78, 5) is 26.4. The summed E-state index contributed by atoms with van der Waals surface area (Å²) in [6, 6.07) is 2.14. The largest absolute Gasteiger partial charge is 0.400 e. The highest BCUT2D eigenvalue weighted by molar-refractivity contribution is 6.18. The minimum Gasteiger partial charge on any atom is -0.400 e. The van der Waals surface area contributed by atoms with Gasteiger partial charge in [-0.05, 0) is 18.6 Å². The molecule has 0 aromatic heterocycles. The second-order valence-corrected chi connectivity index (χ2v) is 8.07. The van der Waals surface area contributed by atoms with Crippen molar-refractivity contribution in [3.63, 3.8) is 0 Å². The van der Waals surface area contributed by atoms with Crippen molar-refractivity contribution in [2.45, 2.75) is 23.7 Å². The van der Waals surface area contributed by atoms with E-state index < -0.39 is 40.6 Å². The van der Waals surface area contributed by atoms with Gasteiger partial charge in [-0.1, -0.05) is 0 Å². The van der Waals surface area contributed by atoms with Gasteiger partial charge in [0.1, 0.15) is 5.54 Å². The second kappa shape index (κ2) is 5.48. The van der Waals surface area contributed by atoms with Crippen molar-refractivity contribution in [1.29, 1.82) is 0 Å². The summed E-state index contributed by atoms with van der Waals surface area (Å²) < 4.78 is 0. The van der Waals surface area contributed by atoms with E-state index >= 15 is 0 Å². The Kier molecular flexibility index (Phi) is 3.63. The topological polar surface area (TPSA) is 268 Å². The molecule has 0 amide bonds. The van der Waals surface area contributed by atoms with E-state index in [1.807, 2.05) is 0 Å². The minimum absolute atomic E-state index is 0.0169. The fourth-order valence-electron chi connectivity index (χ4n) is 5.01. The smallest absolute Gasteiger partial charge is 0.206 e. The number of fused-ring (bicyclic) bond motifs is 3. The van der Waals surface area contributed by atoms with E-state index in [1.165, 1.54) is 12.1 Å². The highest BCUT2D eigenvalue weighted by Gasteiger charge is 2.61. The molecule has 4 unspecified atom stereocenters. The van der Waals surface area contributed by atoms with Crippen LogP contribution in [-0.2, 0) is 10.5 Å². The first-order valence-electron chi connectivity index (χ1n) is 9.02. The van der Waals surface area contributed by atoms with Gasteiger partial charge in [-0.25, -0.2) is 0 Å². The fourth-order valence-corrected chi connectivity index (χ4v) is 5.01. The van der Waals surface area contributed by atoms with Crippen molar-refractivity contribution in [2.75, 3.05) is 11.5 Å². The molecule has 3 aliphatic rings. The maximum absolute atomic E-state index is 13.4. The Balaban J connectivity index is 2.05. The van der Waals surface area contributed by atoms with E-state index in [0.717, 1.165) is 0 Å². The Morgan fingerprint density at radius 2 is 1.52 bits per heavy atom. The van der Waals surface area contributed by atoms with Gasteiger partial charge in [-0.15, -0.1) is 0 Å². The normalized spacial score (nSPS) is 33.3. The van der Waals surface area contributed by atoms with Gasteiger partial charge in [0.15, 0.2) is 5.78 Å². The van der Waals surface area contributed by atoms with E-state index in [1.54, 1.807) is 0 Å². The molecule has 0 bridgehead atoms. The number of carbonyl (C=O) groups is 2. The van der Waals surface area contributed by atoms with Gasteiger partial charge in [-0.2, -0.15) is 0 Å². The molecular weight excluding hydrogens is 374 g/mol. The number of ketones is 2. The number of benzene rings is 1. The highest BCUT2D eigenvalue weighted by Crippen LogP contribution is 2.52. The average Bonchev–Trinajstić information content (AvgIpc) is 2.66. The third kappa shape index (κ3) is 2.04. The molecule has 11 nitrogen and oxygen atoms in total. The Morgan fingerprint density at radius 3 is 2.14 bits per heavy atom. The predicted molar refractivity (Wildman–Crippen MR) is 108 cm³/mol. The molecule has 4 rings (SSSR count). The van der Waals surface area contributed by atoms with Crippen LogP contribution in [0.3, 0.4) is 0 Å². The minimum atomic E-state index is -1.81. The molecule has 4 atom stereocenters. The van der Waals surface area contributed by atoms with E-state index in [9.17, 15) is 9.59 Å². The summed E-state index contributed by atoms with van der Waals surface area (Å²) >= 11 is 0. The van der Waals surface area contributed by atoms with E-state index in [4.69, 9.17) is 51.6 Å². The predicted octanol–water partition coefficient (Wildman–Crippen LogP) is -3.30. The van der Waals surface area contributed by atoms with Crippen LogP contribution in [-0.4, -0.2) is 23.1 Å². The van der Waals surface area contributed by atoms with Crippen LogP contribution in [0.2, 0.25) is 0 Å². The number of rotatable bonds is 0. The van der Waals surface area contributed by atoms with Crippen molar-refractivity contribution >= 4 is 22.9 Å². The number of anilines is 2. The number of Topliss-reactive ketones (excluding diaryl/α,β-unsaturated/α-hetero) is 2. The number of hydrogen-bond donors (Lipinski definition) is 9. The Hall–Kier alpha value is -3.12. The SMILES string of the molecule is NC1=C(N)C(N)C2CC3C(=C(N)C2(N)C1=O)C(=O)c1c(N)ccc(N)c1C3(N)N. The molecule has 11 heteroatoms. The standard InChI is InChI=1S/C18H25N9O2/c19-6-1-2-7(20)10-9(6)14(28)8-4(18(10,26)27)3-5-11(21)12(22)13(23)16(29)17(5,25)15(8)24/h1-2,4-5,11H,3,19-27H2. The van der Waals surface area contributed by atoms with Crippen molar-refractivity contribution in [2.24, 2.45) is 52.0 Å². The van der Waals surface area contributed by atoms with Crippen molar-refractivity contribution in [3.8, 4) is 0 Å². The molecule has 0 saturated heterocycles. The van der Waals surface area contributed by atoms with Crippen LogP contribution >= 0.6 is 0 Å². The molecule has 0 fully saturated rings. The molecule has 1 aromatic rings. The summed E-state index contributed by atoms with van der Waals surface area (Å²) in [5, 5.41) is 0. The monoisotopic (exact) mass is 399 g/mol. The van der Waals surface area contributed by atoms with Gasteiger partial charge in [0.25, 0.3) is 0 Å². The maximum Gasteiger partial charge on any atom is 0.206 e. The lowest BCUT2D eigenvalue weighted by atomic mass is 9.55. The fraction of sp³-hybridized carbons (Fsp3) is 0.333. The van der Waals surface area contributed by atoms with Gasteiger partial charge in [0.2, 0.25) is 5.78 Å². The first-order valence-corrected chi connectivity index (χ1v) is 9.02. The Labute approximate surface area is 166 Å². The van der Waals surface area contributed by atoms with Crippen LogP contribution in [0.25, 0.3) is 0 Å². The summed E-state index contributed by atoms with van der Waals surface area (Å²) in [5.74, 6) is -2.79. The van der Waals surface area contributed by atoms with Crippen molar-refractivity contribution in [3.05, 3.63) is 45.9 Å². The van der Waals surface area contributed by atoms with Crippen LogP contribution in [0.5, 0.6) is 0 Å². The molecule has 0 spiro atoms. The Morgan fingerprint density at radius 1 is 0.931 bits per heavy atom. The molecule has 29 heavy (non-hydrogen) atoms. The number of carbonyl (C=O) groups excluding carboxylic acids is 2. The lowest BCUT2D eigenvalue weighted by Gasteiger charge is -2.53. The van der Waals surface area contributed by atoms with Gasteiger partial charge in [0.05, 0.1) is 28.7 Å². The van der Waals surface area contributed by atoms with E-state index in [-0.39, 0.29) is 51.6 Å². The van der Waals surface area contributed by atoms with E-state index in [2.05, 4.69) is 0 Å². The molecule has 0 saturated carbocycles. The third-order valence-electron chi connectivity index (χ3n) is 6.63. The zero-order chi connectivity index (χ0) is 21.6. The van der Waals surface area contributed by atoms with E-state index in [0.29, 0.717) is 0 Å². The van der Waals surface area contributed by atoms with Crippen LogP contribution in [0.1, 0.15) is 22.3 Å². The van der Waals surface area contributed by atoms with Crippen LogP contribution in [0, 0.1) is 11.8 Å². The Bertz CT molecular complexity index is 1060. The van der Waals surface area contributed by atoms with Gasteiger partial charge < -0.3 is 51.6 Å². The van der Waals surface area contributed by atoms with Crippen molar-refractivity contribution < 1.29 is 9.59 Å². The lowest BCUT2D eigenvalue weighted by Crippen LogP contribution is -2.72. The number of nitrogens with two attached hydrogens (primary N) is 9. The summed E-state index contributed by atoms with van der Waals surface area (Å²) in [6.45, 7) is 0. The summed E-state index contributed by atoms with van der Waals surface area (Å²) in [6.07, 6.45) is 0.0832. The quantitative estimate of drug-likeness (QED) is 0.154. The zero-order valence-corrected chi connectivity index (χ0v) is 15.6. The first-order chi connectivity index (χ1) is 13.4. The summed E-state index contributed by atoms with van der Waals surface area (Å²) in [5.41, 5.74) is 52.8. The highest BCUT2D eigenvalue weighted by atomic mass is 16.1. The molecular formula is C18H25N9O2. The zero-order valence-electron chi connectivity index (χ0n) is 15.6.